The van der Waals surface area contributed by atoms with Crippen molar-refractivity contribution >= 4 is 40.7 Å². The van der Waals surface area contributed by atoms with E-state index in [1.165, 1.54) is 0 Å². The van der Waals surface area contributed by atoms with Crippen LogP contribution in [-0.2, 0) is 29.0 Å². The van der Waals surface area contributed by atoms with E-state index in [1.54, 1.807) is 17.0 Å². The highest BCUT2D eigenvalue weighted by Crippen LogP contribution is 2.30. The van der Waals surface area contributed by atoms with Crippen molar-refractivity contribution in [2.75, 3.05) is 32.1 Å². The average Bonchev–Trinajstić information content (AvgIpc) is 2.98. The summed E-state index contributed by atoms with van der Waals surface area (Å²) >= 11 is 12.3. The lowest BCUT2D eigenvalue weighted by atomic mass is 10.0. The third-order valence-corrected chi connectivity index (χ3v) is 8.07. The molecule has 9 heteroatoms. The first-order valence-corrected chi connectivity index (χ1v) is 14.5. The number of fused-ring (bicyclic) bond motifs is 1. The second kappa shape index (κ2) is 14.2. The Morgan fingerprint density at radius 2 is 1.85 bits per heavy atom. The Bertz CT molecular complexity index is 1350. The summed E-state index contributed by atoms with van der Waals surface area (Å²) in [4.78, 5) is 30.1. The van der Waals surface area contributed by atoms with Crippen molar-refractivity contribution < 1.29 is 19.4 Å². The van der Waals surface area contributed by atoms with E-state index in [4.69, 9.17) is 27.9 Å². The molecular weight excluding hydrogens is 561 g/mol. The molecular formula is C32H37Cl2N3O4. The van der Waals surface area contributed by atoms with Crippen LogP contribution in [0.3, 0.4) is 0 Å². The Balaban J connectivity index is 1.56. The minimum atomic E-state index is -0.338. The van der Waals surface area contributed by atoms with Crippen molar-refractivity contribution in [1.29, 1.82) is 0 Å². The molecule has 0 spiro atoms. The third-order valence-electron chi connectivity index (χ3n) is 7.34. The van der Waals surface area contributed by atoms with E-state index < -0.39 is 0 Å². The van der Waals surface area contributed by atoms with E-state index in [0.29, 0.717) is 46.7 Å². The number of nitrogens with zero attached hydrogens (tertiary/aromatic N) is 2. The molecule has 1 aliphatic heterocycles. The van der Waals surface area contributed by atoms with Crippen LogP contribution in [0.1, 0.15) is 30.5 Å². The molecule has 1 heterocycles. The Labute approximate surface area is 252 Å². The van der Waals surface area contributed by atoms with Gasteiger partial charge in [-0.3, -0.25) is 14.5 Å². The molecule has 0 unspecified atom stereocenters. The summed E-state index contributed by atoms with van der Waals surface area (Å²) in [5.41, 5.74) is 3.23. The standard InChI is InChI=1S/C32H37Cl2N3O4/c1-21-17-37(22(2)20-38)32(40)16-25-15-26(35-31(39)14-23-7-5-4-6-8-23)10-12-29(25)41-30(21)19-36(3)18-24-9-11-27(33)28(34)13-24/h4-13,15,21-22,30,38H,14,16-20H2,1-3H3,(H,35,39)/t21-,22+,30+/m1/s1. The van der Waals surface area contributed by atoms with E-state index in [2.05, 4.69) is 17.1 Å². The van der Waals surface area contributed by atoms with Gasteiger partial charge in [0.2, 0.25) is 11.8 Å². The van der Waals surface area contributed by atoms with Crippen molar-refractivity contribution in [3.8, 4) is 5.75 Å². The fraction of sp³-hybridized carbons (Fsp3) is 0.375. The molecule has 2 N–H and O–H groups in total. The van der Waals surface area contributed by atoms with Crippen LogP contribution in [0.5, 0.6) is 5.75 Å². The van der Waals surface area contributed by atoms with E-state index in [9.17, 15) is 14.7 Å². The lowest BCUT2D eigenvalue weighted by Crippen LogP contribution is -2.47. The fourth-order valence-corrected chi connectivity index (χ4v) is 5.35. The predicted octanol–water partition coefficient (Wildman–Crippen LogP) is 5.46. The van der Waals surface area contributed by atoms with Crippen LogP contribution in [0.4, 0.5) is 5.69 Å². The summed E-state index contributed by atoms with van der Waals surface area (Å²) in [5.74, 6) is 0.344. The van der Waals surface area contributed by atoms with Crippen LogP contribution in [-0.4, -0.2) is 65.6 Å². The number of ether oxygens (including phenoxy) is 1. The van der Waals surface area contributed by atoms with Crippen molar-refractivity contribution in [2.45, 2.75) is 45.4 Å². The molecule has 1 aliphatic rings. The Morgan fingerprint density at radius 1 is 1.10 bits per heavy atom. The summed E-state index contributed by atoms with van der Waals surface area (Å²) in [6.07, 6.45) is 0.0971. The normalized spacial score (nSPS) is 18.1. The summed E-state index contributed by atoms with van der Waals surface area (Å²) < 4.78 is 6.60. The van der Waals surface area contributed by atoms with Crippen molar-refractivity contribution in [2.24, 2.45) is 5.92 Å². The number of carbonyl (C=O) groups is 2. The van der Waals surface area contributed by atoms with Gasteiger partial charge in [0.05, 0.1) is 35.5 Å². The smallest absolute Gasteiger partial charge is 0.228 e. The van der Waals surface area contributed by atoms with Gasteiger partial charge in [-0.1, -0.05) is 66.5 Å². The molecule has 3 aromatic carbocycles. The number of likely N-dealkylation sites (N-methyl/N-ethyl adjacent to an activating group) is 1. The molecule has 218 valence electrons. The third kappa shape index (κ3) is 8.46. The first kappa shape index (κ1) is 30.8. The van der Waals surface area contributed by atoms with Crippen LogP contribution in [0, 0.1) is 5.92 Å². The second-order valence-corrected chi connectivity index (χ2v) is 11.7. The van der Waals surface area contributed by atoms with Gasteiger partial charge in [0.15, 0.2) is 0 Å². The number of nitrogens with one attached hydrogen (secondary N) is 1. The Morgan fingerprint density at radius 3 is 2.56 bits per heavy atom. The largest absolute Gasteiger partial charge is 0.488 e. The maximum absolute atomic E-state index is 13.5. The number of benzene rings is 3. The summed E-state index contributed by atoms with van der Waals surface area (Å²) in [6.45, 7) is 5.44. The number of halogens is 2. The van der Waals surface area contributed by atoms with E-state index in [-0.39, 0.29) is 49.3 Å². The zero-order valence-electron chi connectivity index (χ0n) is 23.6. The number of hydrogen-bond donors (Lipinski definition) is 2. The van der Waals surface area contributed by atoms with Gasteiger partial charge in [-0.15, -0.1) is 0 Å². The SMILES string of the molecule is C[C@@H]1CN([C@@H](C)CO)C(=O)Cc2cc(NC(=O)Cc3ccccc3)ccc2O[C@H]1CN(C)Cc1ccc(Cl)c(Cl)c1. The first-order valence-electron chi connectivity index (χ1n) is 13.8. The van der Waals surface area contributed by atoms with Gasteiger partial charge in [0.1, 0.15) is 11.9 Å². The zero-order valence-corrected chi connectivity index (χ0v) is 25.2. The van der Waals surface area contributed by atoms with Gasteiger partial charge in [0, 0.05) is 36.8 Å². The molecule has 0 saturated heterocycles. The summed E-state index contributed by atoms with van der Waals surface area (Å²) in [5, 5.41) is 13.9. The Hall–Kier alpha value is -3.10. The van der Waals surface area contributed by atoms with E-state index in [1.807, 2.05) is 68.6 Å². The molecule has 0 aromatic heterocycles. The lowest BCUT2D eigenvalue weighted by molar-refractivity contribution is -0.134. The number of anilines is 1. The Kier molecular flexibility index (Phi) is 10.7. The highest BCUT2D eigenvalue weighted by atomic mass is 35.5. The number of aliphatic hydroxyl groups is 1. The molecule has 4 rings (SSSR count). The first-order chi connectivity index (χ1) is 19.6. The molecule has 7 nitrogen and oxygen atoms in total. The fourth-order valence-electron chi connectivity index (χ4n) is 5.03. The maximum Gasteiger partial charge on any atom is 0.228 e. The highest BCUT2D eigenvalue weighted by molar-refractivity contribution is 6.42. The molecule has 0 saturated carbocycles. The van der Waals surface area contributed by atoms with E-state index >= 15 is 0 Å². The van der Waals surface area contributed by atoms with Crippen molar-refractivity contribution in [1.82, 2.24) is 9.80 Å². The van der Waals surface area contributed by atoms with Gasteiger partial charge < -0.3 is 20.1 Å². The molecule has 0 bridgehead atoms. The molecule has 41 heavy (non-hydrogen) atoms. The van der Waals surface area contributed by atoms with Crippen LogP contribution >= 0.6 is 23.2 Å². The monoisotopic (exact) mass is 597 g/mol. The zero-order chi connectivity index (χ0) is 29.5. The maximum atomic E-state index is 13.5. The molecule has 3 aromatic rings. The quantitative estimate of drug-likeness (QED) is 0.342. The van der Waals surface area contributed by atoms with Crippen LogP contribution in [0.25, 0.3) is 0 Å². The minimum Gasteiger partial charge on any atom is -0.488 e. The molecule has 0 radical (unpaired) electrons. The minimum absolute atomic E-state index is 0.0274. The average molecular weight is 599 g/mol. The second-order valence-electron chi connectivity index (χ2n) is 10.9. The number of carbonyl (C=O) groups excluding carboxylic acids is 2. The van der Waals surface area contributed by atoms with Gasteiger partial charge >= 0.3 is 0 Å². The predicted molar refractivity (Wildman–Crippen MR) is 164 cm³/mol. The van der Waals surface area contributed by atoms with E-state index in [0.717, 1.165) is 11.1 Å². The molecule has 0 aliphatic carbocycles. The lowest BCUT2D eigenvalue weighted by Gasteiger charge is -2.34. The highest BCUT2D eigenvalue weighted by Gasteiger charge is 2.31. The number of aliphatic hydroxyl groups excluding tert-OH is 1. The topological polar surface area (TPSA) is 82.1 Å². The number of amides is 2. The van der Waals surface area contributed by atoms with Gasteiger partial charge in [-0.05, 0) is 55.4 Å². The van der Waals surface area contributed by atoms with Crippen molar-refractivity contribution in [3.05, 3.63) is 93.5 Å². The number of hydrogen-bond acceptors (Lipinski definition) is 5. The summed E-state index contributed by atoms with van der Waals surface area (Å²) in [7, 11) is 2.01. The molecule has 3 atom stereocenters. The van der Waals surface area contributed by atoms with Gasteiger partial charge in [0.25, 0.3) is 0 Å². The molecule has 0 fully saturated rings. The van der Waals surface area contributed by atoms with Gasteiger partial charge in [-0.25, -0.2) is 0 Å². The van der Waals surface area contributed by atoms with Crippen molar-refractivity contribution in [3.63, 3.8) is 0 Å². The van der Waals surface area contributed by atoms with Crippen LogP contribution < -0.4 is 10.1 Å². The van der Waals surface area contributed by atoms with Crippen LogP contribution in [0.2, 0.25) is 10.0 Å². The number of rotatable bonds is 9. The molecule has 2 amide bonds. The van der Waals surface area contributed by atoms with Crippen LogP contribution in [0.15, 0.2) is 66.7 Å². The van der Waals surface area contributed by atoms with Gasteiger partial charge in [-0.2, -0.15) is 0 Å². The summed E-state index contributed by atoms with van der Waals surface area (Å²) in [6, 6.07) is 20.2.